The summed E-state index contributed by atoms with van der Waals surface area (Å²) in [5, 5.41) is 3.40. The van der Waals surface area contributed by atoms with E-state index in [4.69, 9.17) is 4.74 Å². The maximum absolute atomic E-state index is 11.9. The van der Waals surface area contributed by atoms with E-state index in [0.29, 0.717) is 12.3 Å². The normalized spacial score (nSPS) is 15.9. The number of carbonyl (C=O) groups excluding carboxylic acids is 1. The number of carbonyl (C=O) groups is 1. The number of nitrogens with zero attached hydrogens (tertiary/aromatic N) is 1. The van der Waals surface area contributed by atoms with Gasteiger partial charge in [-0.05, 0) is 46.5 Å². The summed E-state index contributed by atoms with van der Waals surface area (Å²) >= 11 is 3.49. The third-order valence-corrected chi connectivity index (χ3v) is 4.39. The van der Waals surface area contributed by atoms with Crippen molar-refractivity contribution in [1.82, 2.24) is 10.2 Å². The van der Waals surface area contributed by atoms with E-state index in [1.54, 1.807) is 7.11 Å². The van der Waals surface area contributed by atoms with Crippen LogP contribution in [0.15, 0.2) is 22.7 Å². The maximum Gasteiger partial charge on any atom is 0.222 e. The molecule has 1 fully saturated rings. The Kier molecular flexibility index (Phi) is 6.51. The van der Waals surface area contributed by atoms with E-state index in [9.17, 15) is 4.79 Å². The van der Waals surface area contributed by atoms with Crippen LogP contribution < -0.4 is 10.1 Å². The van der Waals surface area contributed by atoms with Gasteiger partial charge >= 0.3 is 0 Å². The van der Waals surface area contributed by atoms with Gasteiger partial charge in [0.05, 0.1) is 11.6 Å². The van der Waals surface area contributed by atoms with Crippen LogP contribution in [0.3, 0.4) is 0 Å². The fourth-order valence-corrected chi connectivity index (χ4v) is 3.13. The van der Waals surface area contributed by atoms with Gasteiger partial charge in [0.15, 0.2) is 0 Å². The summed E-state index contributed by atoms with van der Waals surface area (Å²) in [4.78, 5) is 13.9. The highest BCUT2D eigenvalue weighted by Gasteiger charge is 2.15. The second-order valence-electron chi connectivity index (χ2n) is 5.34. The average Bonchev–Trinajstić information content (AvgIpc) is 2.68. The van der Waals surface area contributed by atoms with E-state index in [1.165, 1.54) is 12.0 Å². The van der Waals surface area contributed by atoms with Gasteiger partial charge in [-0.3, -0.25) is 4.79 Å². The SMILES string of the molecule is COc1ccc(CNCCN2CCCCCC2=O)cc1Br. The number of benzene rings is 1. The highest BCUT2D eigenvalue weighted by Crippen LogP contribution is 2.25. The van der Waals surface area contributed by atoms with Crippen molar-refractivity contribution in [1.29, 1.82) is 0 Å². The van der Waals surface area contributed by atoms with Crippen LogP contribution in [0.2, 0.25) is 0 Å². The van der Waals surface area contributed by atoms with Gasteiger partial charge in [-0.25, -0.2) is 0 Å². The highest BCUT2D eigenvalue weighted by molar-refractivity contribution is 9.10. The topological polar surface area (TPSA) is 41.6 Å². The van der Waals surface area contributed by atoms with Crippen LogP contribution in [0, 0.1) is 0 Å². The first-order chi connectivity index (χ1) is 10.2. The Balaban J connectivity index is 1.74. The van der Waals surface area contributed by atoms with Crippen LogP contribution in [0.4, 0.5) is 0 Å². The summed E-state index contributed by atoms with van der Waals surface area (Å²) in [5.41, 5.74) is 1.20. The molecule has 0 spiro atoms. The second-order valence-corrected chi connectivity index (χ2v) is 6.19. The van der Waals surface area contributed by atoms with Crippen LogP contribution in [-0.4, -0.2) is 37.6 Å². The molecule has 0 saturated carbocycles. The molecule has 1 aliphatic rings. The Hall–Kier alpha value is -1.07. The Labute approximate surface area is 135 Å². The third-order valence-electron chi connectivity index (χ3n) is 3.78. The van der Waals surface area contributed by atoms with Gasteiger partial charge in [0.1, 0.15) is 5.75 Å². The van der Waals surface area contributed by atoms with Crippen LogP contribution in [0.1, 0.15) is 31.2 Å². The number of ether oxygens (including phenoxy) is 1. The van der Waals surface area contributed by atoms with Gasteiger partial charge in [0, 0.05) is 32.6 Å². The molecule has 1 N–H and O–H groups in total. The van der Waals surface area contributed by atoms with Crippen molar-refractivity contribution in [2.24, 2.45) is 0 Å². The molecule has 0 aliphatic carbocycles. The molecule has 0 unspecified atom stereocenters. The molecule has 0 radical (unpaired) electrons. The summed E-state index contributed by atoms with van der Waals surface area (Å²) in [6.07, 6.45) is 4.07. The van der Waals surface area contributed by atoms with E-state index < -0.39 is 0 Å². The van der Waals surface area contributed by atoms with Gasteiger partial charge in [-0.1, -0.05) is 12.5 Å². The van der Waals surface area contributed by atoms with Crippen LogP contribution in [0.25, 0.3) is 0 Å². The quantitative estimate of drug-likeness (QED) is 0.798. The van der Waals surface area contributed by atoms with Crippen LogP contribution in [-0.2, 0) is 11.3 Å². The number of likely N-dealkylation sites (tertiary alicyclic amines) is 1. The molecular weight excluding hydrogens is 332 g/mol. The van der Waals surface area contributed by atoms with E-state index in [2.05, 4.69) is 27.3 Å². The summed E-state index contributed by atoms with van der Waals surface area (Å²) in [5.74, 6) is 1.15. The molecule has 0 aromatic heterocycles. The zero-order valence-electron chi connectivity index (χ0n) is 12.5. The lowest BCUT2D eigenvalue weighted by Crippen LogP contribution is -2.36. The number of nitrogens with one attached hydrogen (secondary N) is 1. The molecule has 2 rings (SSSR count). The number of rotatable bonds is 6. The summed E-state index contributed by atoms with van der Waals surface area (Å²) in [7, 11) is 1.66. The Morgan fingerprint density at radius 3 is 2.95 bits per heavy atom. The molecule has 0 atom stereocenters. The zero-order valence-corrected chi connectivity index (χ0v) is 14.1. The van der Waals surface area contributed by atoms with Gasteiger partial charge in [-0.15, -0.1) is 0 Å². The van der Waals surface area contributed by atoms with E-state index in [-0.39, 0.29) is 0 Å². The van der Waals surface area contributed by atoms with Crippen LogP contribution >= 0.6 is 15.9 Å². The fourth-order valence-electron chi connectivity index (χ4n) is 2.54. The molecule has 1 amide bonds. The number of amides is 1. The predicted octanol–water partition coefficient (Wildman–Crippen LogP) is 2.95. The Morgan fingerprint density at radius 2 is 2.19 bits per heavy atom. The monoisotopic (exact) mass is 354 g/mol. The fraction of sp³-hybridized carbons (Fsp3) is 0.562. The van der Waals surface area contributed by atoms with Crippen molar-refractivity contribution in [3.63, 3.8) is 0 Å². The number of hydrogen-bond donors (Lipinski definition) is 1. The van der Waals surface area contributed by atoms with Crippen molar-refractivity contribution in [2.75, 3.05) is 26.7 Å². The van der Waals surface area contributed by atoms with Gasteiger partial charge < -0.3 is 15.0 Å². The molecule has 21 heavy (non-hydrogen) atoms. The Bertz CT molecular complexity index is 479. The first-order valence-electron chi connectivity index (χ1n) is 7.51. The van der Waals surface area contributed by atoms with Gasteiger partial charge in [-0.2, -0.15) is 0 Å². The van der Waals surface area contributed by atoms with Gasteiger partial charge in [0.25, 0.3) is 0 Å². The predicted molar refractivity (Wildman–Crippen MR) is 87.4 cm³/mol. The highest BCUT2D eigenvalue weighted by atomic mass is 79.9. The lowest BCUT2D eigenvalue weighted by atomic mass is 10.2. The summed E-state index contributed by atoms with van der Waals surface area (Å²) in [6.45, 7) is 3.34. The molecular formula is C16H23BrN2O2. The Morgan fingerprint density at radius 1 is 1.33 bits per heavy atom. The standard InChI is InChI=1S/C16H23BrN2O2/c1-21-15-7-6-13(11-14(15)17)12-18-8-10-19-9-4-2-3-5-16(19)20/h6-7,11,18H,2-5,8-10,12H2,1H3. The maximum atomic E-state index is 11.9. The molecule has 116 valence electrons. The molecule has 1 aromatic rings. The number of methoxy groups -OCH3 is 1. The average molecular weight is 355 g/mol. The lowest BCUT2D eigenvalue weighted by molar-refractivity contribution is -0.130. The van der Waals surface area contributed by atoms with Crippen molar-refractivity contribution in [3.8, 4) is 5.75 Å². The van der Waals surface area contributed by atoms with Crippen molar-refractivity contribution >= 4 is 21.8 Å². The smallest absolute Gasteiger partial charge is 0.222 e. The molecule has 5 heteroatoms. The van der Waals surface area contributed by atoms with E-state index in [1.807, 2.05) is 17.0 Å². The number of hydrogen-bond acceptors (Lipinski definition) is 3. The minimum Gasteiger partial charge on any atom is -0.496 e. The largest absolute Gasteiger partial charge is 0.496 e. The first-order valence-corrected chi connectivity index (χ1v) is 8.31. The molecule has 1 heterocycles. The molecule has 4 nitrogen and oxygen atoms in total. The molecule has 0 bridgehead atoms. The number of halogens is 1. The van der Waals surface area contributed by atoms with Crippen LogP contribution in [0.5, 0.6) is 5.75 Å². The zero-order chi connectivity index (χ0) is 15.1. The van der Waals surface area contributed by atoms with Crippen molar-refractivity contribution in [3.05, 3.63) is 28.2 Å². The molecule has 1 aliphatic heterocycles. The second kappa shape index (κ2) is 8.39. The lowest BCUT2D eigenvalue weighted by Gasteiger charge is -2.20. The van der Waals surface area contributed by atoms with Crippen molar-refractivity contribution < 1.29 is 9.53 Å². The minimum atomic E-state index is 0.307. The molecule has 1 aromatic carbocycles. The third kappa shape index (κ3) is 5.00. The van der Waals surface area contributed by atoms with E-state index in [0.717, 1.165) is 49.2 Å². The molecule has 1 saturated heterocycles. The summed E-state index contributed by atoms with van der Waals surface area (Å²) in [6, 6.07) is 6.07. The minimum absolute atomic E-state index is 0.307. The first kappa shape index (κ1) is 16.3. The summed E-state index contributed by atoms with van der Waals surface area (Å²) < 4.78 is 6.18. The van der Waals surface area contributed by atoms with Gasteiger partial charge in [0.2, 0.25) is 5.91 Å². The van der Waals surface area contributed by atoms with Crippen molar-refractivity contribution in [2.45, 2.75) is 32.2 Å². The van der Waals surface area contributed by atoms with E-state index >= 15 is 0 Å².